The van der Waals surface area contributed by atoms with Gasteiger partial charge in [-0.05, 0) is 36.3 Å². The van der Waals surface area contributed by atoms with Crippen molar-refractivity contribution in [3.8, 4) is 0 Å². The highest BCUT2D eigenvalue weighted by molar-refractivity contribution is 5.25. The molecular weight excluding hydrogens is 274 g/mol. The molecule has 1 saturated heterocycles. The summed E-state index contributed by atoms with van der Waals surface area (Å²) in [6.07, 6.45) is 2.94. The second-order valence-electron chi connectivity index (χ2n) is 6.97. The van der Waals surface area contributed by atoms with Gasteiger partial charge in [0, 0.05) is 31.2 Å². The fourth-order valence-electron chi connectivity index (χ4n) is 3.34. The van der Waals surface area contributed by atoms with Crippen LogP contribution in [0.15, 0.2) is 24.3 Å². The number of aliphatic hydroxyl groups is 1. The minimum Gasteiger partial charge on any atom is -0.396 e. The van der Waals surface area contributed by atoms with E-state index >= 15 is 0 Å². The first-order valence-corrected chi connectivity index (χ1v) is 8.61. The van der Waals surface area contributed by atoms with Gasteiger partial charge in [-0.15, -0.1) is 0 Å². The van der Waals surface area contributed by atoms with E-state index < -0.39 is 0 Å². The monoisotopic (exact) mass is 305 g/mol. The summed E-state index contributed by atoms with van der Waals surface area (Å²) in [5.74, 6) is 0.529. The molecule has 2 rings (SSSR count). The Balaban J connectivity index is 2.04. The van der Waals surface area contributed by atoms with Gasteiger partial charge in [0.25, 0.3) is 0 Å². The van der Waals surface area contributed by atoms with Crippen molar-refractivity contribution in [3.05, 3.63) is 35.4 Å². The summed E-state index contributed by atoms with van der Waals surface area (Å²) in [5.41, 5.74) is 2.84. The van der Waals surface area contributed by atoms with Crippen LogP contribution in [0, 0.1) is 11.3 Å². The van der Waals surface area contributed by atoms with Crippen molar-refractivity contribution in [3.63, 3.8) is 0 Å². The minimum absolute atomic E-state index is 0.102. The average molecular weight is 305 g/mol. The molecule has 124 valence electrons. The van der Waals surface area contributed by atoms with Crippen LogP contribution in [0.1, 0.15) is 50.8 Å². The molecule has 1 heterocycles. The fraction of sp³-hybridized carbons (Fsp3) is 0.684. The first kappa shape index (κ1) is 17.5. The lowest BCUT2D eigenvalue weighted by Gasteiger charge is -2.31. The number of hydrogen-bond donors (Lipinski definition) is 2. The highest BCUT2D eigenvalue weighted by Crippen LogP contribution is 2.33. The predicted molar refractivity (Wildman–Crippen MR) is 91.0 cm³/mol. The van der Waals surface area contributed by atoms with Gasteiger partial charge >= 0.3 is 0 Å². The molecule has 0 aromatic heterocycles. The smallest absolute Gasteiger partial charge is 0.0536 e. The molecule has 3 nitrogen and oxygen atoms in total. The van der Waals surface area contributed by atoms with E-state index in [4.69, 9.17) is 4.74 Å². The number of aryl methyl sites for hydroxylation is 1. The lowest BCUT2D eigenvalue weighted by molar-refractivity contribution is 0.120. The molecule has 0 saturated carbocycles. The third-order valence-electron chi connectivity index (χ3n) is 4.94. The van der Waals surface area contributed by atoms with Crippen molar-refractivity contribution in [1.29, 1.82) is 0 Å². The molecule has 1 aromatic carbocycles. The van der Waals surface area contributed by atoms with Gasteiger partial charge in [-0.2, -0.15) is 0 Å². The zero-order valence-electron chi connectivity index (χ0n) is 14.3. The van der Waals surface area contributed by atoms with Gasteiger partial charge in [-0.25, -0.2) is 0 Å². The third kappa shape index (κ3) is 4.31. The Kier molecular flexibility index (Phi) is 6.42. The van der Waals surface area contributed by atoms with E-state index in [0.29, 0.717) is 12.0 Å². The molecule has 2 N–H and O–H groups in total. The van der Waals surface area contributed by atoms with Crippen molar-refractivity contribution in [1.82, 2.24) is 5.32 Å². The van der Waals surface area contributed by atoms with Crippen molar-refractivity contribution in [2.75, 3.05) is 26.4 Å². The van der Waals surface area contributed by atoms with Crippen LogP contribution in [-0.2, 0) is 11.2 Å². The summed E-state index contributed by atoms with van der Waals surface area (Å²) in [6, 6.07) is 9.31. The quantitative estimate of drug-likeness (QED) is 0.774. The van der Waals surface area contributed by atoms with Crippen LogP contribution in [0.2, 0.25) is 0 Å². The average Bonchev–Trinajstić information content (AvgIpc) is 2.97. The number of aliphatic hydroxyl groups excluding tert-OH is 1. The van der Waals surface area contributed by atoms with E-state index in [1.54, 1.807) is 0 Å². The Morgan fingerprint density at radius 3 is 2.50 bits per heavy atom. The van der Waals surface area contributed by atoms with E-state index in [2.05, 4.69) is 50.4 Å². The summed E-state index contributed by atoms with van der Waals surface area (Å²) >= 11 is 0. The number of benzene rings is 1. The lowest BCUT2D eigenvalue weighted by atomic mass is 9.83. The molecule has 0 amide bonds. The molecule has 2 atom stereocenters. The molecule has 1 aliphatic heterocycles. The normalized spacial score (nSPS) is 23.1. The lowest BCUT2D eigenvalue weighted by Crippen LogP contribution is -2.39. The zero-order chi connectivity index (χ0) is 16.0. The first-order chi connectivity index (χ1) is 10.6. The van der Waals surface area contributed by atoms with Gasteiger partial charge in [0.2, 0.25) is 0 Å². The second kappa shape index (κ2) is 8.09. The van der Waals surface area contributed by atoms with Gasteiger partial charge in [0.05, 0.1) is 6.61 Å². The van der Waals surface area contributed by atoms with E-state index in [1.165, 1.54) is 11.1 Å². The molecule has 22 heavy (non-hydrogen) atoms. The molecular formula is C19H31NO2. The Hall–Kier alpha value is -0.900. The Bertz CT molecular complexity index is 435. The maximum Gasteiger partial charge on any atom is 0.0536 e. The molecule has 0 bridgehead atoms. The van der Waals surface area contributed by atoms with Gasteiger partial charge < -0.3 is 15.2 Å². The topological polar surface area (TPSA) is 41.5 Å². The summed E-state index contributed by atoms with van der Waals surface area (Å²) in [4.78, 5) is 0. The second-order valence-corrected chi connectivity index (χ2v) is 6.97. The largest absolute Gasteiger partial charge is 0.396 e. The summed E-state index contributed by atoms with van der Waals surface area (Å²) < 4.78 is 5.59. The van der Waals surface area contributed by atoms with Gasteiger partial charge in [-0.1, -0.05) is 45.0 Å². The SMILES string of the molecule is CCc1ccc(C(NCC2(CCO)CCOC2)C(C)C)cc1. The van der Waals surface area contributed by atoms with Crippen LogP contribution in [0.5, 0.6) is 0 Å². The Morgan fingerprint density at radius 2 is 2.00 bits per heavy atom. The fourth-order valence-corrected chi connectivity index (χ4v) is 3.34. The van der Waals surface area contributed by atoms with Crippen LogP contribution >= 0.6 is 0 Å². The standard InChI is InChI=1S/C19H31NO2/c1-4-16-5-7-17(8-6-16)18(15(2)3)20-13-19(9-11-21)10-12-22-14-19/h5-8,15,18,20-21H,4,9-14H2,1-3H3. The maximum atomic E-state index is 9.36. The number of hydrogen-bond acceptors (Lipinski definition) is 3. The van der Waals surface area contributed by atoms with Crippen molar-refractivity contribution >= 4 is 0 Å². The summed E-state index contributed by atoms with van der Waals surface area (Å²) in [7, 11) is 0. The first-order valence-electron chi connectivity index (χ1n) is 8.61. The summed E-state index contributed by atoms with van der Waals surface area (Å²) in [6.45, 7) is 9.43. The van der Waals surface area contributed by atoms with Crippen LogP contribution in [0.4, 0.5) is 0 Å². The van der Waals surface area contributed by atoms with Crippen molar-refractivity contribution in [2.45, 2.75) is 46.1 Å². The minimum atomic E-state index is 0.102. The number of ether oxygens (including phenoxy) is 1. The van der Waals surface area contributed by atoms with Crippen LogP contribution in [0.3, 0.4) is 0 Å². The predicted octanol–water partition coefficient (Wildman–Crippen LogP) is 3.32. The number of rotatable bonds is 8. The maximum absolute atomic E-state index is 9.36. The molecule has 0 radical (unpaired) electrons. The number of nitrogens with one attached hydrogen (secondary N) is 1. The third-order valence-corrected chi connectivity index (χ3v) is 4.94. The Labute approximate surface area is 135 Å². The van der Waals surface area contributed by atoms with E-state index in [9.17, 15) is 5.11 Å². The molecule has 1 aliphatic rings. The molecule has 1 fully saturated rings. The van der Waals surface area contributed by atoms with Gasteiger partial charge in [0.15, 0.2) is 0 Å². The van der Waals surface area contributed by atoms with Crippen LogP contribution < -0.4 is 5.32 Å². The highest BCUT2D eigenvalue weighted by Gasteiger charge is 2.35. The van der Waals surface area contributed by atoms with Crippen LogP contribution in [-0.4, -0.2) is 31.5 Å². The van der Waals surface area contributed by atoms with E-state index in [0.717, 1.165) is 39.0 Å². The molecule has 2 unspecified atom stereocenters. The van der Waals surface area contributed by atoms with E-state index in [-0.39, 0.29) is 12.0 Å². The molecule has 0 spiro atoms. The van der Waals surface area contributed by atoms with Gasteiger partial charge in [0.1, 0.15) is 0 Å². The Morgan fingerprint density at radius 1 is 1.27 bits per heavy atom. The molecule has 0 aliphatic carbocycles. The van der Waals surface area contributed by atoms with Gasteiger partial charge in [-0.3, -0.25) is 0 Å². The molecule has 1 aromatic rings. The van der Waals surface area contributed by atoms with Crippen molar-refractivity contribution < 1.29 is 9.84 Å². The highest BCUT2D eigenvalue weighted by atomic mass is 16.5. The van der Waals surface area contributed by atoms with Crippen LogP contribution in [0.25, 0.3) is 0 Å². The summed E-state index contributed by atoms with van der Waals surface area (Å²) in [5, 5.41) is 13.1. The zero-order valence-corrected chi connectivity index (χ0v) is 14.3. The molecule has 3 heteroatoms. The van der Waals surface area contributed by atoms with E-state index in [1.807, 2.05) is 0 Å². The van der Waals surface area contributed by atoms with Crippen molar-refractivity contribution in [2.24, 2.45) is 11.3 Å².